The average molecular weight is 557 g/mol. The molecule has 0 unspecified atom stereocenters. The molecule has 0 radical (unpaired) electrons. The summed E-state index contributed by atoms with van der Waals surface area (Å²) in [7, 11) is 0. The Hall–Kier alpha value is -4.16. The van der Waals surface area contributed by atoms with Gasteiger partial charge in [0.25, 0.3) is 0 Å². The van der Waals surface area contributed by atoms with Crippen LogP contribution in [-0.2, 0) is 17.8 Å². The molecule has 0 saturated heterocycles. The van der Waals surface area contributed by atoms with Gasteiger partial charge in [-0.2, -0.15) is 0 Å². The Morgan fingerprint density at radius 1 is 0.950 bits per heavy atom. The molecule has 202 valence electrons. The second kappa shape index (κ2) is 11.5. The van der Waals surface area contributed by atoms with Gasteiger partial charge in [0.15, 0.2) is 11.6 Å². The fourth-order valence-electron chi connectivity index (χ4n) is 5.49. The molecule has 7 heteroatoms. The smallest absolute Gasteiger partial charge is 0.162 e. The minimum absolute atomic E-state index is 0.0523. The van der Waals surface area contributed by atoms with Crippen molar-refractivity contribution in [2.75, 3.05) is 0 Å². The highest BCUT2D eigenvalue weighted by Gasteiger charge is 2.24. The first-order valence-electron chi connectivity index (χ1n) is 13.0. The molecule has 0 aliphatic heterocycles. The highest BCUT2D eigenvalue weighted by Crippen LogP contribution is 2.34. The maximum Gasteiger partial charge on any atom is 0.162 e. The fourth-order valence-corrected chi connectivity index (χ4v) is 5.62. The zero-order valence-electron chi connectivity index (χ0n) is 22.1. The first kappa shape index (κ1) is 27.4. The van der Waals surface area contributed by atoms with Crippen LogP contribution in [0.5, 0.6) is 0 Å². The second-order valence-corrected chi connectivity index (χ2v) is 10.4. The van der Waals surface area contributed by atoms with Gasteiger partial charge in [-0.15, -0.1) is 0 Å². The molecule has 40 heavy (non-hydrogen) atoms. The summed E-state index contributed by atoms with van der Waals surface area (Å²) in [5.41, 5.74) is 4.91. The van der Waals surface area contributed by atoms with Crippen molar-refractivity contribution in [3.05, 3.63) is 124 Å². The van der Waals surface area contributed by atoms with E-state index in [0.29, 0.717) is 21.8 Å². The van der Waals surface area contributed by atoms with Crippen LogP contribution in [0.1, 0.15) is 46.6 Å². The van der Waals surface area contributed by atoms with Crippen LogP contribution in [0, 0.1) is 18.6 Å². The standard InChI is InChI=1S/C33H27ClF2N2O2/c1-20-32(21(2)39)30-6-3-4-8-31(30)38(20)19-28(40)17-24(14-22-15-26(35)18-27(36)16-22)33-29(7-5-13-37-33)23-9-11-25(34)12-10-23/h3-13,15-16,18,24H,14,17,19H2,1-2H3/t24-/m1/s1. The van der Waals surface area contributed by atoms with E-state index in [9.17, 15) is 18.4 Å². The lowest BCUT2D eigenvalue weighted by atomic mass is 9.87. The first-order chi connectivity index (χ1) is 19.2. The summed E-state index contributed by atoms with van der Waals surface area (Å²) >= 11 is 6.11. The van der Waals surface area contributed by atoms with Crippen LogP contribution < -0.4 is 0 Å². The summed E-state index contributed by atoms with van der Waals surface area (Å²) in [4.78, 5) is 30.8. The minimum Gasteiger partial charge on any atom is -0.337 e. The van der Waals surface area contributed by atoms with Crippen LogP contribution in [0.3, 0.4) is 0 Å². The Kier molecular flexibility index (Phi) is 7.90. The van der Waals surface area contributed by atoms with Crippen LogP contribution in [-0.4, -0.2) is 21.1 Å². The lowest BCUT2D eigenvalue weighted by molar-refractivity contribution is -0.120. The number of fused-ring (bicyclic) bond motifs is 1. The number of halogens is 3. The van der Waals surface area contributed by atoms with Crippen LogP contribution in [0.2, 0.25) is 5.02 Å². The van der Waals surface area contributed by atoms with Crippen molar-refractivity contribution in [2.24, 2.45) is 0 Å². The third-order valence-corrected chi connectivity index (χ3v) is 7.43. The number of aromatic nitrogens is 2. The fraction of sp³-hybridized carbons (Fsp3) is 0.182. The Labute approximate surface area is 236 Å². The SMILES string of the molecule is CC(=O)c1c(C)n(CC(=O)C[C@@H](Cc2cc(F)cc(F)c2)c2ncccc2-c2ccc(Cl)cc2)c2ccccc12. The zero-order chi connectivity index (χ0) is 28.4. The second-order valence-electron chi connectivity index (χ2n) is 9.98. The molecule has 0 saturated carbocycles. The van der Waals surface area contributed by atoms with Gasteiger partial charge in [0.1, 0.15) is 11.6 Å². The zero-order valence-corrected chi connectivity index (χ0v) is 22.9. The normalized spacial score (nSPS) is 12.0. The van der Waals surface area contributed by atoms with Gasteiger partial charge in [0.2, 0.25) is 0 Å². The number of benzene rings is 3. The molecule has 0 fully saturated rings. The average Bonchev–Trinajstić information content (AvgIpc) is 3.19. The Morgan fingerprint density at radius 2 is 1.65 bits per heavy atom. The number of carbonyl (C=O) groups is 2. The molecule has 2 heterocycles. The number of para-hydroxylation sites is 1. The molecule has 0 bridgehead atoms. The summed E-state index contributed by atoms with van der Waals surface area (Å²) in [6.45, 7) is 3.42. The van der Waals surface area contributed by atoms with Gasteiger partial charge in [-0.1, -0.05) is 48.0 Å². The molecule has 5 aromatic rings. The maximum atomic E-state index is 14.1. The van der Waals surface area contributed by atoms with E-state index < -0.39 is 17.6 Å². The van der Waals surface area contributed by atoms with Crippen molar-refractivity contribution in [1.29, 1.82) is 0 Å². The van der Waals surface area contributed by atoms with Gasteiger partial charge in [-0.25, -0.2) is 8.78 Å². The van der Waals surface area contributed by atoms with Crippen molar-refractivity contribution >= 4 is 34.1 Å². The lowest BCUT2D eigenvalue weighted by Crippen LogP contribution is -2.18. The monoisotopic (exact) mass is 556 g/mol. The number of rotatable bonds is 9. The van der Waals surface area contributed by atoms with Gasteiger partial charge in [-0.05, 0) is 67.8 Å². The predicted molar refractivity (Wildman–Crippen MR) is 154 cm³/mol. The van der Waals surface area contributed by atoms with E-state index in [2.05, 4.69) is 4.98 Å². The number of Topliss-reactive ketones (excluding diaryl/α,β-unsaturated/α-hetero) is 2. The van der Waals surface area contributed by atoms with Crippen LogP contribution in [0.4, 0.5) is 8.78 Å². The van der Waals surface area contributed by atoms with Crippen molar-refractivity contribution in [3.63, 3.8) is 0 Å². The van der Waals surface area contributed by atoms with E-state index >= 15 is 0 Å². The van der Waals surface area contributed by atoms with E-state index in [1.807, 2.05) is 60.0 Å². The maximum absolute atomic E-state index is 14.1. The molecular formula is C33H27ClF2N2O2. The molecule has 1 atom stereocenters. The van der Waals surface area contributed by atoms with Crippen LogP contribution >= 0.6 is 11.6 Å². The third kappa shape index (κ3) is 5.73. The molecule has 0 aliphatic rings. The molecule has 0 spiro atoms. The van der Waals surface area contributed by atoms with E-state index in [4.69, 9.17) is 11.6 Å². The summed E-state index contributed by atoms with van der Waals surface area (Å²) in [5, 5.41) is 1.40. The largest absolute Gasteiger partial charge is 0.337 e. The summed E-state index contributed by atoms with van der Waals surface area (Å²) in [6, 6.07) is 22.0. The number of nitrogens with zero attached hydrogens (tertiary/aromatic N) is 2. The molecule has 4 nitrogen and oxygen atoms in total. The molecular weight excluding hydrogens is 530 g/mol. The molecule has 3 aromatic carbocycles. The van der Waals surface area contributed by atoms with Crippen LogP contribution in [0.15, 0.2) is 85.1 Å². The number of ketones is 2. The summed E-state index contributed by atoms with van der Waals surface area (Å²) in [5.74, 6) is -1.97. The van der Waals surface area contributed by atoms with Crippen molar-refractivity contribution in [3.8, 4) is 11.1 Å². The van der Waals surface area contributed by atoms with Gasteiger partial charge >= 0.3 is 0 Å². The molecule has 2 aromatic heterocycles. The number of carbonyl (C=O) groups excluding carboxylic acids is 2. The summed E-state index contributed by atoms with van der Waals surface area (Å²) < 4.78 is 30.1. The van der Waals surface area contributed by atoms with Crippen LogP contribution in [0.25, 0.3) is 22.0 Å². The molecule has 0 amide bonds. The minimum atomic E-state index is -0.676. The number of hydrogen-bond donors (Lipinski definition) is 0. The van der Waals surface area contributed by atoms with E-state index in [-0.39, 0.29) is 31.0 Å². The molecule has 5 rings (SSSR count). The lowest BCUT2D eigenvalue weighted by Gasteiger charge is -2.20. The van der Waals surface area contributed by atoms with Gasteiger partial charge in [-0.3, -0.25) is 14.6 Å². The number of hydrogen-bond acceptors (Lipinski definition) is 3. The number of pyridine rings is 1. The van der Waals surface area contributed by atoms with Crippen molar-refractivity contribution < 1.29 is 18.4 Å². The molecule has 0 N–H and O–H groups in total. The van der Waals surface area contributed by atoms with E-state index in [0.717, 1.165) is 33.8 Å². The Balaban J connectivity index is 1.53. The summed E-state index contributed by atoms with van der Waals surface area (Å²) in [6.07, 6.45) is 1.94. The van der Waals surface area contributed by atoms with Gasteiger partial charge in [0, 0.05) is 57.3 Å². The third-order valence-electron chi connectivity index (χ3n) is 7.18. The van der Waals surface area contributed by atoms with E-state index in [1.165, 1.54) is 19.1 Å². The highest BCUT2D eigenvalue weighted by molar-refractivity contribution is 6.30. The predicted octanol–water partition coefficient (Wildman–Crippen LogP) is 8.13. The Bertz CT molecular complexity index is 1710. The van der Waals surface area contributed by atoms with Gasteiger partial charge < -0.3 is 4.57 Å². The topological polar surface area (TPSA) is 52.0 Å². The first-order valence-corrected chi connectivity index (χ1v) is 13.4. The molecule has 0 aliphatic carbocycles. The quantitative estimate of drug-likeness (QED) is 0.172. The van der Waals surface area contributed by atoms with Gasteiger partial charge in [0.05, 0.1) is 12.2 Å². The van der Waals surface area contributed by atoms with E-state index in [1.54, 1.807) is 18.3 Å². The van der Waals surface area contributed by atoms with Crippen molar-refractivity contribution in [1.82, 2.24) is 9.55 Å². The van der Waals surface area contributed by atoms with Crippen molar-refractivity contribution in [2.45, 2.75) is 39.2 Å². The highest BCUT2D eigenvalue weighted by atomic mass is 35.5. The Morgan fingerprint density at radius 3 is 2.35 bits per heavy atom.